The van der Waals surface area contributed by atoms with E-state index in [-0.39, 0.29) is 32.5 Å². The molecule has 0 saturated carbocycles. The van der Waals surface area contributed by atoms with Crippen molar-refractivity contribution < 1.29 is 31.5 Å². The van der Waals surface area contributed by atoms with Gasteiger partial charge in [-0.1, -0.05) is 246 Å². The number of pyridine rings is 5. The third-order valence-corrected chi connectivity index (χ3v) is 17.4. The first-order chi connectivity index (χ1) is 46.0. The lowest BCUT2D eigenvalue weighted by atomic mass is 9.88. The van der Waals surface area contributed by atoms with E-state index < -0.39 is 6.85 Å². The molecule has 0 fully saturated rings. The molecule has 7 heteroatoms. The molecule has 12 aromatic rings. The highest BCUT2D eigenvalue weighted by molar-refractivity contribution is 5.84. The van der Waals surface area contributed by atoms with Crippen molar-refractivity contribution >= 4 is 43.4 Å². The molecule has 12 rings (SSSR count). The second-order valence-corrected chi connectivity index (χ2v) is 32.0. The Morgan fingerprint density at radius 2 is 0.729 bits per heavy atom. The summed E-state index contributed by atoms with van der Waals surface area (Å²) in [5.74, 6) is 0. The van der Waals surface area contributed by atoms with Crippen molar-refractivity contribution in [1.82, 2.24) is 4.98 Å². The average Bonchev–Trinajstić information content (AvgIpc) is 0.773. The molecule has 7 nitrogen and oxygen atoms in total. The highest BCUT2D eigenvalue weighted by atomic mass is 15.0. The van der Waals surface area contributed by atoms with Gasteiger partial charge < -0.3 is 0 Å². The molecule has 0 amide bonds. The Morgan fingerprint density at radius 1 is 0.323 bits per heavy atom. The van der Waals surface area contributed by atoms with Crippen LogP contribution in [0.2, 0.25) is 0 Å². The van der Waals surface area contributed by atoms with Gasteiger partial charge in [0, 0.05) is 100 Å². The fraction of sp³-hybridized carbons (Fsp3) is 0.360. The maximum absolute atomic E-state index is 7.81. The maximum Gasteiger partial charge on any atom is 0.286 e. The van der Waals surface area contributed by atoms with Crippen LogP contribution in [0.3, 0.4) is 0 Å². The lowest BCUT2D eigenvalue weighted by Gasteiger charge is -2.19. The summed E-state index contributed by atoms with van der Waals surface area (Å²) in [5.41, 5.74) is 17.1. The summed E-state index contributed by atoms with van der Waals surface area (Å²) in [6.45, 7) is 40.2. The third-order valence-electron chi connectivity index (χ3n) is 17.4. The molecule has 500 valence electrons. The van der Waals surface area contributed by atoms with Crippen LogP contribution in [0, 0.1) is 13.8 Å². The maximum atomic E-state index is 7.81. The third kappa shape index (κ3) is 19.0. The first kappa shape index (κ1) is 70.0. The minimum Gasteiger partial charge on any atom is -0.236 e. The SMILES string of the molecule is C[n+]1c(C(C)(C)C)ccc2ccccc21.C[n+]1cc2ccccc2cc1C(C)(C)C.C[n+]1ccc2ccccc2c1C(C)(C)C.C[n+]1cnc2ccccc2c1C(C)(C)C.Cc1c[n+](C)c(C(C)(C)C)cc1-c1ccccc1.[2H]C([2H])([2H])c1c[n+](C)c(C(C)(C)C)cc1-c1ccccc1. The molecule has 0 unspecified atom stereocenters. The van der Waals surface area contributed by atoms with Gasteiger partial charge in [0.15, 0.2) is 58.8 Å². The Balaban J connectivity index is 0.000000168. The first-order valence-corrected chi connectivity index (χ1v) is 34.0. The van der Waals surface area contributed by atoms with Gasteiger partial charge in [0.05, 0.1) is 12.4 Å². The van der Waals surface area contributed by atoms with Crippen LogP contribution >= 0.6 is 0 Å². The van der Waals surface area contributed by atoms with Crippen LogP contribution in [-0.2, 0) is 74.8 Å². The normalized spacial score (nSPS) is 12.4. The van der Waals surface area contributed by atoms with Crippen LogP contribution in [-0.4, -0.2) is 4.98 Å². The van der Waals surface area contributed by atoms with E-state index >= 15 is 0 Å². The minimum absolute atomic E-state index is 0.0500. The Morgan fingerprint density at radius 3 is 1.24 bits per heavy atom. The van der Waals surface area contributed by atoms with E-state index in [1.54, 1.807) is 6.20 Å². The Bertz CT molecular complexity index is 4600. The molecule has 6 aromatic carbocycles. The van der Waals surface area contributed by atoms with E-state index in [0.717, 1.165) is 22.3 Å². The van der Waals surface area contributed by atoms with Crippen molar-refractivity contribution in [3.63, 3.8) is 0 Å². The van der Waals surface area contributed by atoms with Crippen LogP contribution in [0.1, 0.15) is 174 Å². The highest BCUT2D eigenvalue weighted by Gasteiger charge is 2.30. The molecule has 96 heavy (non-hydrogen) atoms. The monoisotopic (exact) mass is 1280 g/mol. The zero-order valence-electron chi connectivity index (χ0n) is 66.0. The highest BCUT2D eigenvalue weighted by Crippen LogP contribution is 2.31. The number of para-hydroxylation sites is 2. The molecule has 0 bridgehead atoms. The molecular weight excluding hydrogens is 1170 g/mol. The van der Waals surface area contributed by atoms with Crippen LogP contribution < -0.4 is 27.4 Å². The molecule has 0 saturated heterocycles. The summed E-state index contributed by atoms with van der Waals surface area (Å²) in [6, 6.07) is 67.4. The molecule has 0 aliphatic heterocycles. The van der Waals surface area contributed by atoms with Crippen LogP contribution in [0.25, 0.3) is 65.6 Å². The van der Waals surface area contributed by atoms with Crippen molar-refractivity contribution in [2.45, 2.75) is 171 Å². The molecular formula is C89H115N7+6. The number of nitrogens with zero attached hydrogens (tertiary/aromatic N) is 7. The van der Waals surface area contributed by atoms with E-state index in [2.05, 4.69) is 365 Å². The fourth-order valence-corrected chi connectivity index (χ4v) is 13.2. The van der Waals surface area contributed by atoms with Crippen LogP contribution in [0.4, 0.5) is 0 Å². The van der Waals surface area contributed by atoms with Crippen molar-refractivity contribution in [2.75, 3.05) is 0 Å². The van der Waals surface area contributed by atoms with Crippen LogP contribution in [0.5, 0.6) is 0 Å². The number of rotatable bonds is 2. The average molecular weight is 1290 g/mol. The van der Waals surface area contributed by atoms with E-state index in [9.17, 15) is 0 Å². The second-order valence-electron chi connectivity index (χ2n) is 32.0. The standard InChI is InChI=1S/2C17H22N.3C14H18N.C13H17N2/c2*1-13-12-18(5)16(17(2,3)4)11-15(13)14-9-7-6-8-10-14;1-14(2,3)13-9-11-7-5-6-8-12(11)10-15(13)4;1-14(2,3)13-12-8-6-5-7-11(12)9-10-15(13)4;1-14(2,3)13-10-9-11-7-5-6-8-12(11)15(13)4;1-13(2,3)12-10-7-5-6-8-11(10)14-9-15(12)4/h2*6-12H,1-5H3;3*5-10H,1-4H3;5-9H,1-4H3/q6*+1/i1D3;;;;;. The topological polar surface area (TPSA) is 36.2 Å². The summed E-state index contributed by atoms with van der Waals surface area (Å²) < 4.78 is 36.4. The predicted molar refractivity (Wildman–Crippen MR) is 406 cm³/mol. The summed E-state index contributed by atoms with van der Waals surface area (Å²) in [4.78, 5) is 4.42. The van der Waals surface area contributed by atoms with E-state index in [1.807, 2.05) is 60.4 Å². The number of hydrogen-bond acceptors (Lipinski definition) is 1. The van der Waals surface area contributed by atoms with Gasteiger partial charge in [0.2, 0.25) is 5.52 Å². The Labute approximate surface area is 582 Å². The van der Waals surface area contributed by atoms with Gasteiger partial charge in [-0.05, 0) is 88.2 Å². The Kier molecular flexibility index (Phi) is 22.2. The van der Waals surface area contributed by atoms with Crippen molar-refractivity contribution in [1.29, 1.82) is 0 Å². The van der Waals surface area contributed by atoms with Crippen molar-refractivity contribution in [3.05, 3.63) is 271 Å². The number of aromatic nitrogens is 7. The molecule has 6 heterocycles. The molecule has 6 aromatic heterocycles. The fourth-order valence-electron chi connectivity index (χ4n) is 13.2. The van der Waals surface area contributed by atoms with E-state index in [4.69, 9.17) is 4.11 Å². The largest absolute Gasteiger partial charge is 0.286 e. The molecule has 0 aliphatic rings. The number of hydrogen-bond donors (Lipinski definition) is 0. The van der Waals surface area contributed by atoms with Gasteiger partial charge in [0.1, 0.15) is 40.9 Å². The zero-order valence-corrected chi connectivity index (χ0v) is 63.0. The summed E-state index contributed by atoms with van der Waals surface area (Å²) in [6.07, 6.45) is 10.2. The summed E-state index contributed by atoms with van der Waals surface area (Å²) in [5, 5.41) is 7.84. The number of fused-ring (bicyclic) bond motifs is 4. The zero-order chi connectivity index (χ0) is 73.4. The van der Waals surface area contributed by atoms with Crippen molar-refractivity contribution in [2.24, 2.45) is 42.3 Å². The molecule has 0 atom stereocenters. The molecule has 0 spiro atoms. The minimum atomic E-state index is -2.13. The first-order valence-electron chi connectivity index (χ1n) is 35.5. The van der Waals surface area contributed by atoms with E-state index in [0.29, 0.717) is 5.56 Å². The smallest absolute Gasteiger partial charge is 0.236 e. The van der Waals surface area contributed by atoms with Crippen molar-refractivity contribution in [3.8, 4) is 22.3 Å². The number of benzene rings is 6. The van der Waals surface area contributed by atoms with Crippen LogP contribution in [0.15, 0.2) is 225 Å². The number of aryl methyl sites for hydroxylation is 8. The van der Waals surface area contributed by atoms with Gasteiger partial charge in [-0.25, -0.2) is 22.8 Å². The molecule has 0 N–H and O–H groups in total. The lowest BCUT2D eigenvalue weighted by molar-refractivity contribution is -0.683. The van der Waals surface area contributed by atoms with Gasteiger partial charge in [-0.2, -0.15) is 4.57 Å². The van der Waals surface area contributed by atoms with Gasteiger partial charge in [-0.3, -0.25) is 0 Å². The van der Waals surface area contributed by atoms with Gasteiger partial charge in [-0.15, -0.1) is 0 Å². The lowest BCUT2D eigenvalue weighted by Crippen LogP contribution is -2.40. The van der Waals surface area contributed by atoms with Gasteiger partial charge >= 0.3 is 0 Å². The summed E-state index contributed by atoms with van der Waals surface area (Å²) in [7, 11) is 12.5. The predicted octanol–water partition coefficient (Wildman–Crippen LogP) is 18.8. The molecule has 0 aliphatic carbocycles. The van der Waals surface area contributed by atoms with E-state index in [1.165, 1.54) is 83.0 Å². The quantitative estimate of drug-likeness (QED) is 0.159. The summed E-state index contributed by atoms with van der Waals surface area (Å²) >= 11 is 0. The van der Waals surface area contributed by atoms with Gasteiger partial charge in [0.25, 0.3) is 6.33 Å². The molecule has 0 radical (unpaired) electrons. The second kappa shape index (κ2) is 30.5. The Hall–Kier alpha value is -8.81.